The predicted molar refractivity (Wildman–Crippen MR) is 92.6 cm³/mol. The molecule has 8 nitrogen and oxygen atoms in total. The third-order valence-corrected chi connectivity index (χ3v) is 4.36. The van der Waals surface area contributed by atoms with Gasteiger partial charge in [-0.05, 0) is 14.0 Å². The predicted octanol–water partition coefficient (Wildman–Crippen LogP) is 0.548. The molecule has 1 saturated carbocycles. The molecule has 0 aromatic carbocycles. The molecule has 8 heteroatoms. The van der Waals surface area contributed by atoms with Gasteiger partial charge in [-0.1, -0.05) is 30.9 Å². The second-order valence-corrected chi connectivity index (χ2v) is 5.99. The van der Waals surface area contributed by atoms with E-state index in [2.05, 4.69) is 6.58 Å². The van der Waals surface area contributed by atoms with E-state index in [0.717, 1.165) is 0 Å². The van der Waals surface area contributed by atoms with Crippen LogP contribution in [0.5, 0.6) is 0 Å². The SMILES string of the molecule is C=C/C=C(\C=C/C)c1oc(=O)oc1CN(C)C1C(N)C(N)C1C(=O)O. The third-order valence-electron chi connectivity index (χ3n) is 4.36. The number of carboxylic acid groups (broad SMARTS) is 1. The third kappa shape index (κ3) is 3.65. The molecule has 0 amide bonds. The topological polar surface area (TPSA) is 136 Å². The minimum atomic E-state index is -0.999. The van der Waals surface area contributed by atoms with Gasteiger partial charge in [0, 0.05) is 23.7 Å². The number of nitrogens with two attached hydrogens (primary N) is 2. The number of hydrogen-bond acceptors (Lipinski definition) is 7. The molecule has 0 aliphatic heterocycles. The Hall–Kier alpha value is -2.42. The number of carbonyl (C=O) groups is 1. The Balaban J connectivity index is 2.29. The van der Waals surface area contributed by atoms with E-state index in [1.54, 1.807) is 36.3 Å². The lowest BCUT2D eigenvalue weighted by Crippen LogP contribution is -2.74. The van der Waals surface area contributed by atoms with Gasteiger partial charge in [0.1, 0.15) is 0 Å². The lowest BCUT2D eigenvalue weighted by molar-refractivity contribution is -0.151. The molecule has 5 N–H and O–H groups in total. The summed E-state index contributed by atoms with van der Waals surface area (Å²) in [4.78, 5) is 24.7. The van der Waals surface area contributed by atoms with Gasteiger partial charge in [-0.25, -0.2) is 4.79 Å². The smallest absolute Gasteiger partial charge is 0.481 e. The van der Waals surface area contributed by atoms with Crippen LogP contribution in [0.2, 0.25) is 0 Å². The zero-order valence-electron chi connectivity index (χ0n) is 14.2. The largest absolute Gasteiger partial charge is 0.519 e. The van der Waals surface area contributed by atoms with Crippen molar-refractivity contribution in [3.63, 3.8) is 0 Å². The summed E-state index contributed by atoms with van der Waals surface area (Å²) in [7, 11) is 1.70. The summed E-state index contributed by atoms with van der Waals surface area (Å²) in [5.41, 5.74) is 12.4. The number of likely N-dealkylation sites (N-methyl/N-ethyl adjacent to an activating group) is 1. The lowest BCUT2D eigenvalue weighted by Gasteiger charge is -2.50. The van der Waals surface area contributed by atoms with Crippen molar-refractivity contribution in [3.8, 4) is 0 Å². The fraction of sp³-hybridized carbons (Fsp3) is 0.412. The molecule has 1 heterocycles. The Morgan fingerprint density at radius 2 is 2.04 bits per heavy atom. The van der Waals surface area contributed by atoms with Crippen LogP contribution in [0, 0.1) is 5.92 Å². The summed E-state index contributed by atoms with van der Waals surface area (Å²) in [5, 5.41) is 9.31. The quantitative estimate of drug-likeness (QED) is 0.607. The number of nitrogens with zero attached hydrogens (tertiary/aromatic N) is 1. The highest BCUT2D eigenvalue weighted by molar-refractivity contribution is 5.74. The van der Waals surface area contributed by atoms with Gasteiger partial charge < -0.3 is 25.4 Å². The van der Waals surface area contributed by atoms with Gasteiger partial charge >= 0.3 is 11.8 Å². The average Bonchev–Trinajstić information content (AvgIpc) is 2.90. The molecule has 0 spiro atoms. The number of rotatable bonds is 7. The summed E-state index contributed by atoms with van der Waals surface area (Å²) in [6.45, 7) is 5.62. The summed E-state index contributed by atoms with van der Waals surface area (Å²) in [6.07, 6.45) is 6.79. The molecule has 25 heavy (non-hydrogen) atoms. The van der Waals surface area contributed by atoms with Gasteiger partial charge in [0.15, 0.2) is 11.5 Å². The Morgan fingerprint density at radius 3 is 2.60 bits per heavy atom. The summed E-state index contributed by atoms with van der Waals surface area (Å²) in [5.74, 6) is -2.04. The standard InChI is InChI=1S/C17H23N3O5/c1-4-6-9(7-5-2)15-10(24-17(23)25-15)8-20(3)14-11(16(21)22)12(18)13(14)19/h4-7,11-14H,1,8,18-19H2,2-3H3,(H,21,22)/b7-5-,9-6+. The average molecular weight is 349 g/mol. The second-order valence-electron chi connectivity index (χ2n) is 5.99. The maximum Gasteiger partial charge on any atom is 0.519 e. The van der Waals surface area contributed by atoms with Crippen molar-refractivity contribution in [1.82, 2.24) is 4.90 Å². The van der Waals surface area contributed by atoms with E-state index in [0.29, 0.717) is 5.57 Å². The van der Waals surface area contributed by atoms with Gasteiger partial charge in [-0.2, -0.15) is 0 Å². The first-order valence-electron chi connectivity index (χ1n) is 7.84. The lowest BCUT2D eigenvalue weighted by atomic mass is 9.70. The number of carboxylic acids is 1. The van der Waals surface area contributed by atoms with E-state index in [1.807, 2.05) is 6.92 Å². The summed E-state index contributed by atoms with van der Waals surface area (Å²) >= 11 is 0. The Bertz CT molecular complexity index is 761. The Kier molecular flexibility index (Phi) is 5.78. The summed E-state index contributed by atoms with van der Waals surface area (Å²) in [6, 6.07) is -1.55. The fourth-order valence-electron chi connectivity index (χ4n) is 3.14. The van der Waals surface area contributed by atoms with Crippen LogP contribution in [-0.4, -0.2) is 41.1 Å². The molecule has 1 aromatic heterocycles. The highest BCUT2D eigenvalue weighted by Crippen LogP contribution is 2.32. The molecule has 0 bridgehead atoms. The Morgan fingerprint density at radius 1 is 1.36 bits per heavy atom. The van der Waals surface area contributed by atoms with E-state index in [1.165, 1.54) is 0 Å². The molecule has 4 unspecified atom stereocenters. The van der Waals surface area contributed by atoms with Gasteiger partial charge in [0.05, 0.1) is 12.5 Å². The van der Waals surface area contributed by atoms with Crippen molar-refractivity contribution >= 4 is 11.5 Å². The van der Waals surface area contributed by atoms with Crippen molar-refractivity contribution in [2.45, 2.75) is 31.6 Å². The van der Waals surface area contributed by atoms with Crippen molar-refractivity contribution < 1.29 is 18.7 Å². The van der Waals surface area contributed by atoms with Crippen LogP contribution < -0.4 is 17.3 Å². The van der Waals surface area contributed by atoms with Crippen LogP contribution in [0.4, 0.5) is 0 Å². The molecule has 0 saturated heterocycles. The van der Waals surface area contributed by atoms with Crippen LogP contribution in [0.1, 0.15) is 18.4 Å². The van der Waals surface area contributed by atoms with E-state index in [4.69, 9.17) is 20.3 Å². The van der Waals surface area contributed by atoms with Gasteiger partial charge in [0.25, 0.3) is 0 Å². The molecule has 1 aliphatic carbocycles. The van der Waals surface area contributed by atoms with Crippen molar-refractivity contribution in [2.24, 2.45) is 17.4 Å². The molecule has 4 atom stereocenters. The molecular formula is C17H23N3O5. The second kappa shape index (κ2) is 7.64. The first-order chi connectivity index (χ1) is 11.8. The number of hydrogen-bond donors (Lipinski definition) is 3. The monoisotopic (exact) mass is 349 g/mol. The van der Waals surface area contributed by atoms with Crippen LogP contribution >= 0.6 is 0 Å². The van der Waals surface area contributed by atoms with Gasteiger partial charge in [-0.15, -0.1) is 0 Å². The normalized spacial score (nSPS) is 26.8. The maximum atomic E-state index is 11.6. The molecule has 136 valence electrons. The molecule has 1 aromatic rings. The highest BCUT2D eigenvalue weighted by Gasteiger charge is 2.52. The molecule has 1 aliphatic rings. The van der Waals surface area contributed by atoms with Crippen molar-refractivity contribution in [1.29, 1.82) is 0 Å². The van der Waals surface area contributed by atoms with E-state index in [9.17, 15) is 14.7 Å². The number of allylic oxidation sites excluding steroid dienone is 5. The first kappa shape index (κ1) is 18.9. The van der Waals surface area contributed by atoms with Crippen LogP contribution in [0.25, 0.3) is 5.57 Å². The van der Waals surface area contributed by atoms with Crippen LogP contribution in [-0.2, 0) is 11.3 Å². The molecule has 0 radical (unpaired) electrons. The maximum absolute atomic E-state index is 11.6. The molecular weight excluding hydrogens is 326 g/mol. The number of aliphatic carboxylic acids is 1. The van der Waals surface area contributed by atoms with Crippen molar-refractivity contribution in [2.75, 3.05) is 7.05 Å². The highest BCUT2D eigenvalue weighted by atomic mass is 16.6. The zero-order chi connectivity index (χ0) is 18.7. The van der Waals surface area contributed by atoms with E-state index < -0.39 is 35.8 Å². The minimum Gasteiger partial charge on any atom is -0.481 e. The van der Waals surface area contributed by atoms with Crippen molar-refractivity contribution in [3.05, 3.63) is 53.0 Å². The first-order valence-corrected chi connectivity index (χ1v) is 7.84. The van der Waals surface area contributed by atoms with Crippen LogP contribution in [0.15, 0.2) is 44.5 Å². The minimum absolute atomic E-state index is 0.155. The van der Waals surface area contributed by atoms with E-state index >= 15 is 0 Å². The van der Waals surface area contributed by atoms with Gasteiger partial charge in [-0.3, -0.25) is 9.69 Å². The van der Waals surface area contributed by atoms with Crippen LogP contribution in [0.3, 0.4) is 0 Å². The fourth-order valence-corrected chi connectivity index (χ4v) is 3.14. The van der Waals surface area contributed by atoms with Gasteiger partial charge in [0.2, 0.25) is 0 Å². The van der Waals surface area contributed by atoms with E-state index in [-0.39, 0.29) is 18.1 Å². The summed E-state index contributed by atoms with van der Waals surface area (Å²) < 4.78 is 10.3. The molecule has 1 fully saturated rings. The Labute approximate surface area is 145 Å². The zero-order valence-corrected chi connectivity index (χ0v) is 14.2. The molecule has 2 rings (SSSR count).